The van der Waals surface area contributed by atoms with Gasteiger partial charge in [0.2, 0.25) is 0 Å². The van der Waals surface area contributed by atoms with Crippen LogP contribution in [0, 0.1) is 0 Å². The van der Waals surface area contributed by atoms with Crippen molar-refractivity contribution in [3.05, 3.63) is 87.3 Å². The molecule has 0 saturated carbocycles. The summed E-state index contributed by atoms with van der Waals surface area (Å²) in [6.45, 7) is 2.26. The van der Waals surface area contributed by atoms with E-state index in [0.717, 1.165) is 24.2 Å². The summed E-state index contributed by atoms with van der Waals surface area (Å²) in [5, 5.41) is 9.33. The van der Waals surface area contributed by atoms with Crippen LogP contribution >= 0.6 is 0 Å². The summed E-state index contributed by atoms with van der Waals surface area (Å²) in [5.41, 5.74) is 3.52. The molecule has 1 aliphatic heterocycles. The average molecular weight is 320 g/mol. The molecule has 0 unspecified atom stereocenters. The molecule has 0 atom stereocenters. The standard InChI is InChI=1S/C19H16N2O3/c22-18-16(19(23)24)9-15(17-7-3-4-8-21(17)18)12-20-10-13-5-1-2-6-14(13)11-20/h1-9H,10-12H2,(H,23,24). The Hall–Kier alpha value is -2.92. The molecule has 0 fully saturated rings. The number of benzene rings is 1. The van der Waals surface area contributed by atoms with Gasteiger partial charge in [0.05, 0.1) is 5.52 Å². The molecule has 4 rings (SSSR count). The molecular weight excluding hydrogens is 304 g/mol. The van der Waals surface area contributed by atoms with Crippen LogP contribution in [0.1, 0.15) is 27.0 Å². The van der Waals surface area contributed by atoms with E-state index in [9.17, 15) is 14.7 Å². The minimum Gasteiger partial charge on any atom is -0.477 e. The number of aromatic nitrogens is 1. The second-order valence-electron chi connectivity index (χ2n) is 6.06. The van der Waals surface area contributed by atoms with E-state index in [1.165, 1.54) is 21.6 Å². The van der Waals surface area contributed by atoms with Crippen LogP contribution in [0.4, 0.5) is 0 Å². The van der Waals surface area contributed by atoms with Crippen LogP contribution in [0.2, 0.25) is 0 Å². The topological polar surface area (TPSA) is 62.0 Å². The molecule has 0 aliphatic carbocycles. The lowest BCUT2D eigenvalue weighted by molar-refractivity contribution is 0.0694. The van der Waals surface area contributed by atoms with E-state index >= 15 is 0 Å². The van der Waals surface area contributed by atoms with Gasteiger partial charge in [0, 0.05) is 25.8 Å². The number of carboxylic acid groups (broad SMARTS) is 1. The van der Waals surface area contributed by atoms with E-state index in [-0.39, 0.29) is 5.56 Å². The summed E-state index contributed by atoms with van der Waals surface area (Å²) in [6.07, 6.45) is 1.62. The fraction of sp³-hybridized carbons (Fsp3) is 0.158. The van der Waals surface area contributed by atoms with Crippen LogP contribution in [0.3, 0.4) is 0 Å². The highest BCUT2D eigenvalue weighted by molar-refractivity contribution is 5.88. The Balaban J connectivity index is 1.76. The number of aromatic carboxylic acids is 1. The molecular formula is C19H16N2O3. The fourth-order valence-corrected chi connectivity index (χ4v) is 3.36. The van der Waals surface area contributed by atoms with Crippen LogP contribution < -0.4 is 5.56 Å². The Morgan fingerprint density at radius 1 is 1.04 bits per heavy atom. The number of pyridine rings is 2. The number of hydrogen-bond acceptors (Lipinski definition) is 3. The van der Waals surface area contributed by atoms with Gasteiger partial charge in [-0.1, -0.05) is 30.3 Å². The number of rotatable bonds is 3. The molecule has 2 aromatic heterocycles. The quantitative estimate of drug-likeness (QED) is 0.805. The molecule has 5 heteroatoms. The maximum absolute atomic E-state index is 12.3. The van der Waals surface area contributed by atoms with Gasteiger partial charge < -0.3 is 5.11 Å². The van der Waals surface area contributed by atoms with Gasteiger partial charge in [-0.3, -0.25) is 14.1 Å². The maximum atomic E-state index is 12.3. The van der Waals surface area contributed by atoms with Crippen molar-refractivity contribution in [2.75, 3.05) is 0 Å². The molecule has 5 nitrogen and oxygen atoms in total. The predicted molar refractivity (Wildman–Crippen MR) is 90.0 cm³/mol. The average Bonchev–Trinajstić information content (AvgIpc) is 2.99. The van der Waals surface area contributed by atoms with Crippen LogP contribution in [0.25, 0.3) is 5.52 Å². The third-order valence-corrected chi connectivity index (χ3v) is 4.49. The van der Waals surface area contributed by atoms with Crippen molar-refractivity contribution in [3.8, 4) is 0 Å². The minimum absolute atomic E-state index is 0.189. The van der Waals surface area contributed by atoms with E-state index in [1.54, 1.807) is 12.3 Å². The Kier molecular flexibility index (Phi) is 3.43. The lowest BCUT2D eigenvalue weighted by Gasteiger charge is -2.17. The van der Waals surface area contributed by atoms with Gasteiger partial charge in [0.25, 0.3) is 5.56 Å². The van der Waals surface area contributed by atoms with Crippen LogP contribution in [-0.2, 0) is 19.6 Å². The molecule has 1 aromatic carbocycles. The van der Waals surface area contributed by atoms with Crippen molar-refractivity contribution < 1.29 is 9.90 Å². The molecule has 24 heavy (non-hydrogen) atoms. The molecule has 0 saturated heterocycles. The summed E-state index contributed by atoms with van der Waals surface area (Å²) in [6, 6.07) is 15.3. The number of carbonyl (C=O) groups is 1. The van der Waals surface area contributed by atoms with Crippen molar-refractivity contribution in [2.45, 2.75) is 19.6 Å². The zero-order chi connectivity index (χ0) is 16.7. The van der Waals surface area contributed by atoms with Gasteiger partial charge in [0.15, 0.2) is 0 Å². The number of hydrogen-bond donors (Lipinski definition) is 1. The number of nitrogens with zero attached hydrogens (tertiary/aromatic N) is 2. The first-order chi connectivity index (χ1) is 11.6. The van der Waals surface area contributed by atoms with E-state index < -0.39 is 11.5 Å². The molecule has 0 radical (unpaired) electrons. The SMILES string of the molecule is O=C(O)c1cc(CN2Cc3ccccc3C2)c2ccccn2c1=O. The maximum Gasteiger partial charge on any atom is 0.341 e. The number of fused-ring (bicyclic) bond motifs is 2. The monoisotopic (exact) mass is 320 g/mol. The second kappa shape index (κ2) is 5.62. The molecule has 1 N–H and O–H groups in total. The van der Waals surface area contributed by atoms with E-state index in [2.05, 4.69) is 17.0 Å². The Morgan fingerprint density at radius 2 is 1.71 bits per heavy atom. The molecule has 120 valence electrons. The molecule has 3 aromatic rings. The Morgan fingerprint density at radius 3 is 2.38 bits per heavy atom. The first kappa shape index (κ1) is 14.7. The van der Waals surface area contributed by atoms with Crippen LogP contribution in [0.15, 0.2) is 59.5 Å². The Bertz CT molecular complexity index is 982. The van der Waals surface area contributed by atoms with Gasteiger partial charge >= 0.3 is 5.97 Å². The first-order valence-electron chi connectivity index (χ1n) is 7.79. The van der Waals surface area contributed by atoms with E-state index in [4.69, 9.17) is 0 Å². The van der Waals surface area contributed by atoms with Gasteiger partial charge in [-0.2, -0.15) is 0 Å². The summed E-state index contributed by atoms with van der Waals surface area (Å²) < 4.78 is 1.42. The molecule has 1 aliphatic rings. The molecule has 0 spiro atoms. The molecule has 0 amide bonds. The lowest BCUT2D eigenvalue weighted by Crippen LogP contribution is -2.25. The van der Waals surface area contributed by atoms with Crippen molar-refractivity contribution in [1.82, 2.24) is 9.30 Å². The highest BCUT2D eigenvalue weighted by Crippen LogP contribution is 2.25. The molecule has 3 heterocycles. The number of carboxylic acids is 1. The highest BCUT2D eigenvalue weighted by Gasteiger charge is 2.21. The fourth-order valence-electron chi connectivity index (χ4n) is 3.36. The van der Waals surface area contributed by atoms with E-state index in [0.29, 0.717) is 6.54 Å². The largest absolute Gasteiger partial charge is 0.477 e. The van der Waals surface area contributed by atoms with Gasteiger partial charge in [0.1, 0.15) is 5.56 Å². The summed E-state index contributed by atoms with van der Waals surface area (Å²) in [5.74, 6) is -1.19. The van der Waals surface area contributed by atoms with Crippen molar-refractivity contribution >= 4 is 11.5 Å². The highest BCUT2D eigenvalue weighted by atomic mass is 16.4. The van der Waals surface area contributed by atoms with Gasteiger partial charge in [-0.25, -0.2) is 4.79 Å². The third kappa shape index (κ3) is 2.39. The third-order valence-electron chi connectivity index (χ3n) is 4.49. The zero-order valence-corrected chi connectivity index (χ0v) is 13.0. The predicted octanol–water partition coefficient (Wildman–Crippen LogP) is 2.51. The van der Waals surface area contributed by atoms with Crippen molar-refractivity contribution in [1.29, 1.82) is 0 Å². The zero-order valence-electron chi connectivity index (χ0n) is 13.0. The lowest BCUT2D eigenvalue weighted by atomic mass is 10.1. The smallest absolute Gasteiger partial charge is 0.341 e. The molecule has 0 bridgehead atoms. The van der Waals surface area contributed by atoms with Crippen LogP contribution in [0.5, 0.6) is 0 Å². The summed E-state index contributed by atoms with van der Waals surface area (Å²) >= 11 is 0. The van der Waals surface area contributed by atoms with Crippen LogP contribution in [-0.4, -0.2) is 20.4 Å². The minimum atomic E-state index is -1.19. The summed E-state index contributed by atoms with van der Waals surface area (Å²) in [4.78, 5) is 26.0. The first-order valence-corrected chi connectivity index (χ1v) is 7.79. The van der Waals surface area contributed by atoms with Crippen molar-refractivity contribution in [3.63, 3.8) is 0 Å². The normalized spacial score (nSPS) is 14.0. The van der Waals surface area contributed by atoms with Crippen molar-refractivity contribution in [2.24, 2.45) is 0 Å². The second-order valence-corrected chi connectivity index (χ2v) is 6.06. The summed E-state index contributed by atoms with van der Waals surface area (Å²) in [7, 11) is 0. The van der Waals surface area contributed by atoms with Gasteiger partial charge in [-0.05, 0) is 34.9 Å². The van der Waals surface area contributed by atoms with E-state index in [1.807, 2.05) is 24.3 Å². The van der Waals surface area contributed by atoms with Gasteiger partial charge in [-0.15, -0.1) is 0 Å². The Labute approximate surface area is 138 Å².